The van der Waals surface area contributed by atoms with E-state index in [9.17, 15) is 10.1 Å². The molecule has 33 heavy (non-hydrogen) atoms. The van der Waals surface area contributed by atoms with Crippen LogP contribution >= 0.6 is 0 Å². The summed E-state index contributed by atoms with van der Waals surface area (Å²) in [6.45, 7) is 0.923. The van der Waals surface area contributed by atoms with E-state index in [-0.39, 0.29) is 5.57 Å². The van der Waals surface area contributed by atoms with E-state index in [1.807, 2.05) is 89.8 Å². The van der Waals surface area contributed by atoms with Gasteiger partial charge in [-0.3, -0.25) is 4.79 Å². The molecule has 0 saturated heterocycles. The van der Waals surface area contributed by atoms with Crippen LogP contribution in [0.25, 0.3) is 0 Å². The van der Waals surface area contributed by atoms with Crippen LogP contribution in [0.15, 0.2) is 90.6 Å². The SMILES string of the molecule is COc1ccc(CCNC(=O)/C(C#N)=C\N(Cc2ccccc2)c2ccccc2)cc1OC. The van der Waals surface area contributed by atoms with Crippen LogP contribution in [0.3, 0.4) is 0 Å². The lowest BCUT2D eigenvalue weighted by atomic mass is 10.1. The summed E-state index contributed by atoms with van der Waals surface area (Å²) in [6.07, 6.45) is 2.20. The van der Waals surface area contributed by atoms with Crippen molar-refractivity contribution in [2.24, 2.45) is 0 Å². The number of amides is 1. The Hall–Kier alpha value is -4.24. The molecule has 0 atom stereocenters. The average molecular weight is 442 g/mol. The number of nitrogens with zero attached hydrogens (tertiary/aromatic N) is 2. The van der Waals surface area contributed by atoms with E-state index in [4.69, 9.17) is 9.47 Å². The van der Waals surface area contributed by atoms with Crippen LogP contribution in [0, 0.1) is 11.3 Å². The highest BCUT2D eigenvalue weighted by Gasteiger charge is 2.13. The van der Waals surface area contributed by atoms with E-state index < -0.39 is 5.91 Å². The summed E-state index contributed by atoms with van der Waals surface area (Å²) in [5.74, 6) is 0.879. The van der Waals surface area contributed by atoms with Crippen molar-refractivity contribution in [2.45, 2.75) is 13.0 Å². The maximum atomic E-state index is 12.7. The molecular weight excluding hydrogens is 414 g/mol. The molecule has 0 radical (unpaired) electrons. The van der Waals surface area contributed by atoms with Crippen LogP contribution in [0.1, 0.15) is 11.1 Å². The van der Waals surface area contributed by atoms with Crippen molar-refractivity contribution < 1.29 is 14.3 Å². The average Bonchev–Trinajstić information content (AvgIpc) is 2.87. The molecule has 3 rings (SSSR count). The maximum absolute atomic E-state index is 12.7. The first kappa shape index (κ1) is 23.4. The van der Waals surface area contributed by atoms with Crippen molar-refractivity contribution in [1.82, 2.24) is 5.32 Å². The predicted octanol–water partition coefficient (Wildman–Crippen LogP) is 4.48. The smallest absolute Gasteiger partial charge is 0.263 e. The van der Waals surface area contributed by atoms with Gasteiger partial charge in [-0.2, -0.15) is 5.26 Å². The lowest BCUT2D eigenvalue weighted by molar-refractivity contribution is -0.117. The fourth-order valence-corrected chi connectivity index (χ4v) is 3.36. The molecule has 0 heterocycles. The highest BCUT2D eigenvalue weighted by molar-refractivity contribution is 5.97. The first-order valence-corrected chi connectivity index (χ1v) is 10.6. The van der Waals surface area contributed by atoms with E-state index in [1.54, 1.807) is 20.4 Å². The van der Waals surface area contributed by atoms with Crippen LogP contribution in [0.2, 0.25) is 0 Å². The van der Waals surface area contributed by atoms with E-state index in [1.165, 1.54) is 0 Å². The van der Waals surface area contributed by atoms with Crippen LogP contribution in [0.4, 0.5) is 5.69 Å². The van der Waals surface area contributed by atoms with E-state index in [0.29, 0.717) is 31.0 Å². The number of nitriles is 1. The summed E-state index contributed by atoms with van der Waals surface area (Å²) in [6, 6.07) is 27.3. The van der Waals surface area contributed by atoms with Gasteiger partial charge in [0.05, 0.1) is 14.2 Å². The fourth-order valence-electron chi connectivity index (χ4n) is 3.36. The number of anilines is 1. The number of hydrogen-bond donors (Lipinski definition) is 1. The molecule has 1 amide bonds. The first-order valence-electron chi connectivity index (χ1n) is 10.6. The molecule has 3 aromatic rings. The monoisotopic (exact) mass is 441 g/mol. The van der Waals surface area contributed by atoms with Gasteiger partial charge in [0.25, 0.3) is 5.91 Å². The first-order chi connectivity index (χ1) is 16.1. The number of carbonyl (C=O) groups is 1. The zero-order chi connectivity index (χ0) is 23.5. The van der Waals surface area contributed by atoms with Crippen molar-refractivity contribution in [1.29, 1.82) is 5.26 Å². The second kappa shape index (κ2) is 12.0. The highest BCUT2D eigenvalue weighted by atomic mass is 16.5. The zero-order valence-electron chi connectivity index (χ0n) is 18.8. The van der Waals surface area contributed by atoms with Crippen LogP contribution in [0.5, 0.6) is 11.5 Å². The Labute approximate surface area is 194 Å². The number of hydrogen-bond acceptors (Lipinski definition) is 5. The van der Waals surface area contributed by atoms with Crippen molar-refractivity contribution >= 4 is 11.6 Å². The lowest BCUT2D eigenvalue weighted by Gasteiger charge is -2.21. The minimum absolute atomic E-state index is 0.0436. The zero-order valence-corrected chi connectivity index (χ0v) is 18.8. The second-order valence-electron chi connectivity index (χ2n) is 7.30. The number of para-hydroxylation sites is 1. The largest absolute Gasteiger partial charge is 0.493 e. The van der Waals surface area contributed by atoms with E-state index >= 15 is 0 Å². The molecule has 0 bridgehead atoms. The minimum atomic E-state index is -0.410. The van der Waals surface area contributed by atoms with Crippen LogP contribution < -0.4 is 19.7 Å². The molecule has 0 spiro atoms. The van der Waals surface area contributed by atoms with Crippen LogP contribution in [-0.2, 0) is 17.8 Å². The maximum Gasteiger partial charge on any atom is 0.263 e. The molecule has 0 aliphatic rings. The molecule has 1 N–H and O–H groups in total. The third-order valence-corrected chi connectivity index (χ3v) is 5.08. The van der Waals surface area contributed by atoms with Crippen molar-refractivity contribution in [3.05, 3.63) is 102 Å². The predicted molar refractivity (Wildman–Crippen MR) is 129 cm³/mol. The molecule has 0 aromatic heterocycles. The number of ether oxygens (including phenoxy) is 2. The summed E-state index contributed by atoms with van der Waals surface area (Å²) in [5.41, 5.74) is 3.00. The third-order valence-electron chi connectivity index (χ3n) is 5.08. The second-order valence-corrected chi connectivity index (χ2v) is 7.30. The van der Waals surface area contributed by atoms with Gasteiger partial charge < -0.3 is 19.7 Å². The number of benzene rings is 3. The van der Waals surface area contributed by atoms with E-state index in [2.05, 4.69) is 5.32 Å². The summed E-state index contributed by atoms with van der Waals surface area (Å²) in [4.78, 5) is 14.6. The summed E-state index contributed by atoms with van der Waals surface area (Å²) in [7, 11) is 3.17. The van der Waals surface area contributed by atoms with Gasteiger partial charge in [0.2, 0.25) is 0 Å². The van der Waals surface area contributed by atoms with Crippen molar-refractivity contribution in [2.75, 3.05) is 25.7 Å². The lowest BCUT2D eigenvalue weighted by Crippen LogP contribution is -2.28. The Bertz CT molecular complexity index is 1120. The molecule has 0 saturated carbocycles. The molecule has 0 aliphatic carbocycles. The number of methoxy groups -OCH3 is 2. The summed E-state index contributed by atoms with van der Waals surface area (Å²) in [5, 5.41) is 12.5. The number of rotatable bonds is 10. The van der Waals surface area contributed by atoms with Gasteiger partial charge in [0.15, 0.2) is 11.5 Å². The topological polar surface area (TPSA) is 74.6 Å². The fraction of sp³-hybridized carbons (Fsp3) is 0.185. The van der Waals surface area contributed by atoms with Gasteiger partial charge in [-0.15, -0.1) is 0 Å². The van der Waals surface area contributed by atoms with Gasteiger partial charge >= 0.3 is 0 Å². The minimum Gasteiger partial charge on any atom is -0.493 e. The van der Waals surface area contributed by atoms with Gasteiger partial charge in [-0.25, -0.2) is 0 Å². The molecule has 6 nitrogen and oxygen atoms in total. The Balaban J connectivity index is 1.70. The van der Waals surface area contributed by atoms with Crippen molar-refractivity contribution in [3.63, 3.8) is 0 Å². The summed E-state index contributed by atoms with van der Waals surface area (Å²) < 4.78 is 10.6. The molecular formula is C27H27N3O3. The summed E-state index contributed by atoms with van der Waals surface area (Å²) >= 11 is 0. The third kappa shape index (κ3) is 6.62. The van der Waals surface area contributed by atoms with Gasteiger partial charge in [0.1, 0.15) is 11.6 Å². The standard InChI is InChI=1S/C27H27N3O3/c1-32-25-14-13-21(17-26(25)33-2)15-16-29-27(31)23(18-28)20-30(24-11-7-4-8-12-24)19-22-9-5-3-6-10-22/h3-14,17,20H,15-16,19H2,1-2H3,(H,29,31)/b23-20-. The highest BCUT2D eigenvalue weighted by Crippen LogP contribution is 2.27. The Morgan fingerprint density at radius 1 is 0.939 bits per heavy atom. The molecule has 0 unspecified atom stereocenters. The number of nitrogens with one attached hydrogen (secondary N) is 1. The van der Waals surface area contributed by atoms with E-state index in [0.717, 1.165) is 16.8 Å². The van der Waals surface area contributed by atoms with Crippen LogP contribution in [-0.4, -0.2) is 26.7 Å². The molecule has 3 aromatic carbocycles. The van der Waals surface area contributed by atoms with Crippen molar-refractivity contribution in [3.8, 4) is 17.6 Å². The van der Waals surface area contributed by atoms with Gasteiger partial charge in [-0.1, -0.05) is 54.6 Å². The quantitative estimate of drug-likeness (QED) is 0.371. The van der Waals surface area contributed by atoms with Gasteiger partial charge in [0, 0.05) is 25.0 Å². The number of carbonyl (C=O) groups excluding carboxylic acids is 1. The van der Waals surface area contributed by atoms with Gasteiger partial charge in [-0.05, 0) is 41.8 Å². The molecule has 168 valence electrons. The normalized spacial score (nSPS) is 10.8. The Kier molecular flexibility index (Phi) is 8.49. The Morgan fingerprint density at radius 2 is 1.61 bits per heavy atom. The Morgan fingerprint density at radius 3 is 2.24 bits per heavy atom. The molecule has 0 fully saturated rings. The molecule has 0 aliphatic heterocycles. The molecule has 6 heteroatoms.